The van der Waals surface area contributed by atoms with Crippen LogP contribution in [0.3, 0.4) is 0 Å². The average Bonchev–Trinajstić information content (AvgIpc) is 2.88. The number of nitro benzene ring substituents is 1. The van der Waals surface area contributed by atoms with Crippen molar-refractivity contribution in [3.63, 3.8) is 0 Å². The molecule has 3 heterocycles. The number of amides is 1. The average molecular weight is 555 g/mol. The smallest absolute Gasteiger partial charge is 0.274 e. The number of nitrogens with two attached hydrogens (primary N) is 1. The highest BCUT2D eigenvalue weighted by Gasteiger charge is 2.59. The number of pyridine rings is 1. The molecule has 0 radical (unpaired) electrons. The molecule has 14 heteroatoms. The van der Waals surface area contributed by atoms with Crippen molar-refractivity contribution in [2.24, 2.45) is 10.7 Å². The second kappa shape index (κ2) is 9.62. The van der Waals surface area contributed by atoms with Crippen LogP contribution in [0.5, 0.6) is 5.75 Å². The van der Waals surface area contributed by atoms with Gasteiger partial charge in [-0.1, -0.05) is 0 Å². The number of benzene rings is 2. The molecule has 1 amide bonds. The van der Waals surface area contributed by atoms with Crippen molar-refractivity contribution in [3.05, 3.63) is 88.0 Å². The zero-order valence-electron chi connectivity index (χ0n) is 20.6. The number of hydrogen-bond donors (Lipinski definition) is 2. The Kier molecular flexibility index (Phi) is 6.42. The van der Waals surface area contributed by atoms with Gasteiger partial charge in [-0.2, -0.15) is 0 Å². The van der Waals surface area contributed by atoms with Crippen molar-refractivity contribution < 1.29 is 27.3 Å². The summed E-state index contributed by atoms with van der Waals surface area (Å²) < 4.78 is 45.3. The van der Waals surface area contributed by atoms with Gasteiger partial charge in [0.2, 0.25) is 0 Å². The van der Waals surface area contributed by atoms with E-state index in [1.165, 1.54) is 55.8 Å². The third-order valence-electron chi connectivity index (χ3n) is 6.87. The van der Waals surface area contributed by atoms with Gasteiger partial charge in [0.25, 0.3) is 11.6 Å². The summed E-state index contributed by atoms with van der Waals surface area (Å²) in [7, 11) is -2.41. The molecule has 5 rings (SSSR count). The minimum atomic E-state index is -3.88. The van der Waals surface area contributed by atoms with E-state index in [9.17, 15) is 27.7 Å². The number of aliphatic imine (C=N–C) groups is 1. The summed E-state index contributed by atoms with van der Waals surface area (Å²) in [5.41, 5.74) is 7.03. The van der Waals surface area contributed by atoms with Gasteiger partial charge >= 0.3 is 0 Å². The molecule has 3 aromatic rings. The number of nitrogens with zero attached hydrogens (tertiary/aromatic N) is 4. The summed E-state index contributed by atoms with van der Waals surface area (Å²) >= 11 is 0. The number of sulfone groups is 1. The van der Waals surface area contributed by atoms with Crippen LogP contribution < -0.4 is 20.7 Å². The SMILES string of the molecule is COc1ccc(C(=O)Nc2ccc(F)c(C3CS(=O)(=O)C4(CN(c5ccc([N+](=O)[O-])cc5)C4)C(N)=N3)c2)nc1. The molecule has 0 aliphatic carbocycles. The number of methoxy groups -OCH3 is 1. The third kappa shape index (κ3) is 4.63. The zero-order chi connectivity index (χ0) is 27.9. The van der Waals surface area contributed by atoms with Crippen molar-refractivity contribution in [2.45, 2.75) is 10.8 Å². The third-order valence-corrected chi connectivity index (χ3v) is 9.28. The van der Waals surface area contributed by atoms with Crippen LogP contribution in [0, 0.1) is 15.9 Å². The first-order chi connectivity index (χ1) is 18.5. The molecular formula is C25H23FN6O6S. The number of non-ortho nitro benzene ring substituents is 1. The van der Waals surface area contributed by atoms with Crippen LogP contribution in [-0.4, -0.2) is 60.8 Å². The van der Waals surface area contributed by atoms with Crippen LogP contribution >= 0.6 is 0 Å². The first-order valence-corrected chi connectivity index (χ1v) is 13.3. The molecule has 2 aliphatic heterocycles. The van der Waals surface area contributed by atoms with E-state index in [1.807, 2.05) is 0 Å². The lowest BCUT2D eigenvalue weighted by Crippen LogP contribution is -2.73. The molecule has 1 atom stereocenters. The number of aromatic nitrogens is 1. The van der Waals surface area contributed by atoms with Gasteiger partial charge < -0.3 is 20.7 Å². The summed E-state index contributed by atoms with van der Waals surface area (Å²) in [6.45, 7) is 0.0330. The number of rotatable bonds is 6. The number of amidine groups is 1. The first kappa shape index (κ1) is 26.0. The Morgan fingerprint density at radius 1 is 1.21 bits per heavy atom. The quantitative estimate of drug-likeness (QED) is 0.343. The van der Waals surface area contributed by atoms with E-state index in [2.05, 4.69) is 15.3 Å². The van der Waals surface area contributed by atoms with E-state index in [1.54, 1.807) is 11.0 Å². The summed E-state index contributed by atoms with van der Waals surface area (Å²) in [5, 5.41) is 13.5. The lowest BCUT2D eigenvalue weighted by molar-refractivity contribution is -0.384. The number of carbonyl (C=O) groups excluding carboxylic acids is 1. The molecule has 1 saturated heterocycles. The Bertz CT molecular complexity index is 1590. The highest BCUT2D eigenvalue weighted by atomic mass is 32.2. The van der Waals surface area contributed by atoms with E-state index in [-0.39, 0.29) is 41.6 Å². The summed E-state index contributed by atoms with van der Waals surface area (Å²) in [5.74, 6) is -1.37. The number of carbonyl (C=O) groups is 1. The van der Waals surface area contributed by atoms with Crippen LogP contribution in [0.25, 0.3) is 0 Å². The topological polar surface area (TPSA) is 170 Å². The molecule has 12 nitrogen and oxygen atoms in total. The fourth-order valence-electron chi connectivity index (χ4n) is 4.61. The second-order valence-electron chi connectivity index (χ2n) is 9.21. The molecule has 0 saturated carbocycles. The number of ether oxygens (including phenoxy) is 1. The Balaban J connectivity index is 1.35. The highest BCUT2D eigenvalue weighted by molar-refractivity contribution is 7.93. The van der Waals surface area contributed by atoms with E-state index < -0.39 is 43.0 Å². The summed E-state index contributed by atoms with van der Waals surface area (Å²) in [6, 6.07) is 11.5. The van der Waals surface area contributed by atoms with E-state index in [4.69, 9.17) is 10.5 Å². The second-order valence-corrected chi connectivity index (χ2v) is 11.6. The first-order valence-electron chi connectivity index (χ1n) is 11.7. The van der Waals surface area contributed by atoms with Gasteiger partial charge in [0.05, 0.1) is 30.0 Å². The molecule has 1 spiro atoms. The largest absolute Gasteiger partial charge is 0.495 e. The molecule has 1 fully saturated rings. The molecule has 39 heavy (non-hydrogen) atoms. The van der Waals surface area contributed by atoms with Gasteiger partial charge in [-0.05, 0) is 42.5 Å². The van der Waals surface area contributed by atoms with Gasteiger partial charge in [0, 0.05) is 42.2 Å². The molecule has 1 unspecified atom stereocenters. The summed E-state index contributed by atoms with van der Waals surface area (Å²) in [6.07, 6.45) is 1.38. The standard InChI is InChI=1S/C25H23FN6O6S/c1-38-18-7-9-21(28-11-18)23(33)29-15-2-8-20(26)19(10-15)22-12-39(36,37)25(24(27)30-22)13-31(14-25)16-3-5-17(6-4-16)32(34)35/h2-11,22H,12-14H2,1H3,(H2,27,30)(H,29,33). The highest BCUT2D eigenvalue weighted by Crippen LogP contribution is 2.41. The predicted octanol–water partition coefficient (Wildman–Crippen LogP) is 2.48. The maximum Gasteiger partial charge on any atom is 0.274 e. The van der Waals surface area contributed by atoms with Crippen molar-refractivity contribution in [2.75, 3.05) is 36.2 Å². The molecule has 202 valence electrons. The normalized spacial score (nSPS) is 19.1. The molecular weight excluding hydrogens is 531 g/mol. The zero-order valence-corrected chi connectivity index (χ0v) is 21.4. The van der Waals surface area contributed by atoms with Gasteiger partial charge in [-0.3, -0.25) is 19.9 Å². The maximum atomic E-state index is 14.8. The van der Waals surface area contributed by atoms with Crippen LogP contribution in [0.2, 0.25) is 0 Å². The van der Waals surface area contributed by atoms with Crippen LogP contribution in [0.1, 0.15) is 22.1 Å². The fraction of sp³-hybridized carbons (Fsp3) is 0.240. The monoisotopic (exact) mass is 554 g/mol. The maximum absolute atomic E-state index is 14.8. The lowest BCUT2D eigenvalue weighted by atomic mass is 9.95. The number of nitrogens with one attached hydrogen (secondary N) is 1. The minimum absolute atomic E-state index is 0.0165. The van der Waals surface area contributed by atoms with Crippen LogP contribution in [0.4, 0.5) is 21.5 Å². The molecule has 2 aromatic carbocycles. The van der Waals surface area contributed by atoms with Gasteiger partial charge in [-0.25, -0.2) is 17.8 Å². The molecule has 0 bridgehead atoms. The van der Waals surface area contributed by atoms with Gasteiger partial charge in [-0.15, -0.1) is 0 Å². The van der Waals surface area contributed by atoms with Gasteiger partial charge in [0.1, 0.15) is 23.1 Å². The Labute approximate surface area is 222 Å². The Morgan fingerprint density at radius 2 is 1.92 bits per heavy atom. The van der Waals surface area contributed by atoms with Crippen molar-refractivity contribution in [1.82, 2.24) is 4.98 Å². The van der Waals surface area contributed by atoms with Crippen LogP contribution in [-0.2, 0) is 9.84 Å². The summed E-state index contributed by atoms with van der Waals surface area (Å²) in [4.78, 5) is 33.1. The number of halogens is 1. The van der Waals surface area contributed by atoms with Crippen molar-refractivity contribution in [3.8, 4) is 5.75 Å². The van der Waals surface area contributed by atoms with E-state index in [0.717, 1.165) is 6.07 Å². The molecule has 1 aromatic heterocycles. The molecule has 3 N–H and O–H groups in total. The van der Waals surface area contributed by atoms with Crippen LogP contribution in [0.15, 0.2) is 65.8 Å². The van der Waals surface area contributed by atoms with E-state index in [0.29, 0.717) is 11.4 Å². The predicted molar refractivity (Wildman–Crippen MR) is 141 cm³/mol. The number of hydrogen-bond acceptors (Lipinski definition) is 10. The Hall–Kier alpha value is -4.59. The Morgan fingerprint density at radius 3 is 2.51 bits per heavy atom. The molecule has 2 aliphatic rings. The van der Waals surface area contributed by atoms with E-state index >= 15 is 0 Å². The van der Waals surface area contributed by atoms with Gasteiger partial charge in [0.15, 0.2) is 14.6 Å². The minimum Gasteiger partial charge on any atom is -0.495 e. The number of nitro groups is 1. The van der Waals surface area contributed by atoms with Crippen molar-refractivity contribution in [1.29, 1.82) is 0 Å². The fourth-order valence-corrected chi connectivity index (χ4v) is 6.68. The van der Waals surface area contributed by atoms with Crippen molar-refractivity contribution >= 4 is 38.6 Å². The lowest BCUT2D eigenvalue weighted by Gasteiger charge is -2.51. The number of anilines is 2.